The minimum Gasteiger partial charge on any atom is -0.493 e. The summed E-state index contributed by atoms with van der Waals surface area (Å²) in [5.41, 5.74) is 2.50. The van der Waals surface area contributed by atoms with Crippen LogP contribution in [0.25, 0.3) is 0 Å². The van der Waals surface area contributed by atoms with E-state index >= 15 is 0 Å². The first-order chi connectivity index (χ1) is 9.19. The largest absolute Gasteiger partial charge is 0.493 e. The molecule has 1 aromatic carbocycles. The maximum absolute atomic E-state index is 9.69. The van der Waals surface area contributed by atoms with Crippen molar-refractivity contribution in [1.82, 2.24) is 4.90 Å². The fourth-order valence-electron chi connectivity index (χ4n) is 2.62. The number of aliphatic hydroxyl groups excluding tert-OH is 1. The number of benzene rings is 1. The van der Waals surface area contributed by atoms with Gasteiger partial charge in [-0.25, -0.2) is 0 Å². The monoisotopic (exact) mass is 263 g/mol. The Morgan fingerprint density at radius 2 is 2.26 bits per heavy atom. The average molecular weight is 263 g/mol. The molecule has 0 saturated carbocycles. The van der Waals surface area contributed by atoms with E-state index in [-0.39, 0.29) is 6.10 Å². The van der Waals surface area contributed by atoms with Crippen LogP contribution in [0, 0.1) is 6.92 Å². The molecule has 106 valence electrons. The van der Waals surface area contributed by atoms with Crippen LogP contribution in [-0.4, -0.2) is 35.8 Å². The lowest BCUT2D eigenvalue weighted by Gasteiger charge is -2.30. The van der Waals surface area contributed by atoms with Gasteiger partial charge in [0.2, 0.25) is 0 Å². The maximum atomic E-state index is 9.69. The summed E-state index contributed by atoms with van der Waals surface area (Å²) in [6.07, 6.45) is 2.92. The molecule has 0 unspecified atom stereocenters. The molecular weight excluding hydrogens is 238 g/mol. The molecule has 19 heavy (non-hydrogen) atoms. The van der Waals surface area contributed by atoms with E-state index in [9.17, 15) is 5.11 Å². The predicted molar refractivity (Wildman–Crippen MR) is 77.5 cm³/mol. The molecule has 3 nitrogen and oxygen atoms in total. The van der Waals surface area contributed by atoms with Gasteiger partial charge in [-0.2, -0.15) is 0 Å². The summed E-state index contributed by atoms with van der Waals surface area (Å²) >= 11 is 0. The quantitative estimate of drug-likeness (QED) is 0.886. The average Bonchev–Trinajstić information content (AvgIpc) is 2.38. The Kier molecular flexibility index (Phi) is 5.23. The van der Waals surface area contributed by atoms with E-state index in [1.165, 1.54) is 11.1 Å². The molecule has 1 aliphatic heterocycles. The number of likely N-dealkylation sites (tertiary alicyclic amines) is 1. The maximum Gasteiger partial charge on any atom is 0.122 e. The van der Waals surface area contributed by atoms with Gasteiger partial charge in [0.15, 0.2) is 0 Å². The zero-order valence-corrected chi connectivity index (χ0v) is 12.1. The normalized spacial score (nSPS) is 20.5. The minimum atomic E-state index is -0.151. The number of piperidine rings is 1. The Morgan fingerprint density at radius 3 is 2.95 bits per heavy atom. The third-order valence-electron chi connectivity index (χ3n) is 3.59. The number of nitrogens with zero attached hydrogens (tertiary/aromatic N) is 1. The van der Waals surface area contributed by atoms with Gasteiger partial charge in [0.1, 0.15) is 5.75 Å². The van der Waals surface area contributed by atoms with Crippen molar-refractivity contribution in [2.75, 3.05) is 19.7 Å². The summed E-state index contributed by atoms with van der Waals surface area (Å²) in [6, 6.07) is 6.41. The van der Waals surface area contributed by atoms with Crippen LogP contribution in [0.15, 0.2) is 18.2 Å². The summed E-state index contributed by atoms with van der Waals surface area (Å²) in [5.74, 6) is 0.990. The topological polar surface area (TPSA) is 32.7 Å². The van der Waals surface area contributed by atoms with Gasteiger partial charge in [-0.05, 0) is 49.9 Å². The molecule has 0 aliphatic carbocycles. The molecule has 1 aliphatic rings. The van der Waals surface area contributed by atoms with Crippen LogP contribution in [0.5, 0.6) is 5.75 Å². The van der Waals surface area contributed by atoms with Gasteiger partial charge in [-0.1, -0.05) is 19.1 Å². The number of hydrogen-bond donors (Lipinski definition) is 1. The summed E-state index contributed by atoms with van der Waals surface area (Å²) < 4.78 is 5.69. The van der Waals surface area contributed by atoms with Gasteiger partial charge >= 0.3 is 0 Å². The van der Waals surface area contributed by atoms with Crippen molar-refractivity contribution in [2.45, 2.75) is 45.8 Å². The molecule has 1 aromatic rings. The van der Waals surface area contributed by atoms with Crippen LogP contribution in [0.3, 0.4) is 0 Å². The number of aryl methyl sites for hydroxylation is 1. The molecule has 0 amide bonds. The Labute approximate surface area is 116 Å². The first-order valence-corrected chi connectivity index (χ1v) is 7.31. The highest BCUT2D eigenvalue weighted by Crippen LogP contribution is 2.21. The van der Waals surface area contributed by atoms with Crippen LogP contribution in [0.2, 0.25) is 0 Å². The molecule has 2 rings (SSSR count). The summed E-state index contributed by atoms with van der Waals surface area (Å²) in [6.45, 7) is 7.80. The minimum absolute atomic E-state index is 0.151. The lowest BCUT2D eigenvalue weighted by atomic mass is 10.1. The molecule has 1 N–H and O–H groups in total. The molecule has 0 spiro atoms. The van der Waals surface area contributed by atoms with E-state index in [0.717, 1.165) is 51.3 Å². The van der Waals surface area contributed by atoms with Crippen LogP contribution >= 0.6 is 0 Å². The molecule has 0 bridgehead atoms. The Morgan fingerprint density at radius 1 is 1.42 bits per heavy atom. The first-order valence-electron chi connectivity index (χ1n) is 7.31. The van der Waals surface area contributed by atoms with E-state index in [1.54, 1.807) is 0 Å². The van der Waals surface area contributed by atoms with Gasteiger partial charge in [0.25, 0.3) is 0 Å². The number of aliphatic hydroxyl groups is 1. The Bertz CT molecular complexity index is 406. The highest BCUT2D eigenvalue weighted by molar-refractivity contribution is 5.36. The molecule has 0 radical (unpaired) electrons. The van der Waals surface area contributed by atoms with Gasteiger partial charge in [-0.15, -0.1) is 0 Å². The van der Waals surface area contributed by atoms with Gasteiger partial charge in [-0.3, -0.25) is 4.90 Å². The molecular formula is C16H25NO2. The van der Waals surface area contributed by atoms with Crippen molar-refractivity contribution >= 4 is 0 Å². The van der Waals surface area contributed by atoms with Gasteiger partial charge < -0.3 is 9.84 Å². The molecule has 0 aromatic heterocycles. The van der Waals surface area contributed by atoms with Crippen LogP contribution in [0.1, 0.15) is 37.3 Å². The van der Waals surface area contributed by atoms with Crippen molar-refractivity contribution in [3.8, 4) is 5.75 Å². The first kappa shape index (κ1) is 14.4. The SMILES string of the molecule is CCCOc1ccc(CN2CCC[C@@H](O)C2)cc1C. The lowest BCUT2D eigenvalue weighted by Crippen LogP contribution is -2.37. The molecule has 1 fully saturated rings. The number of β-amino-alcohol motifs (C(OH)–C–C–N with tert-alkyl or cyclic N) is 1. The standard InChI is InChI=1S/C16H25NO2/c1-3-9-19-16-7-6-14(10-13(16)2)11-17-8-4-5-15(18)12-17/h6-7,10,15,18H,3-5,8-9,11-12H2,1-2H3/t15-/m1/s1. The molecule has 1 heterocycles. The van der Waals surface area contributed by atoms with E-state index in [1.807, 2.05) is 0 Å². The fourth-order valence-corrected chi connectivity index (χ4v) is 2.62. The van der Waals surface area contributed by atoms with Crippen LogP contribution in [-0.2, 0) is 6.54 Å². The number of hydrogen-bond acceptors (Lipinski definition) is 3. The predicted octanol–water partition coefficient (Wildman–Crippen LogP) is 2.74. The second kappa shape index (κ2) is 6.92. The zero-order valence-electron chi connectivity index (χ0n) is 12.1. The number of rotatable bonds is 5. The lowest BCUT2D eigenvalue weighted by molar-refractivity contribution is 0.0668. The third kappa shape index (κ3) is 4.22. The summed E-state index contributed by atoms with van der Waals surface area (Å²) in [4.78, 5) is 2.33. The van der Waals surface area contributed by atoms with E-state index in [4.69, 9.17) is 4.74 Å². The summed E-state index contributed by atoms with van der Waals surface area (Å²) in [7, 11) is 0. The van der Waals surface area contributed by atoms with Crippen molar-refractivity contribution < 1.29 is 9.84 Å². The van der Waals surface area contributed by atoms with Gasteiger partial charge in [0.05, 0.1) is 12.7 Å². The molecule has 3 heteroatoms. The summed E-state index contributed by atoms with van der Waals surface area (Å²) in [5, 5.41) is 9.69. The van der Waals surface area contributed by atoms with Crippen LogP contribution < -0.4 is 4.74 Å². The van der Waals surface area contributed by atoms with Gasteiger partial charge in [0, 0.05) is 13.1 Å². The van der Waals surface area contributed by atoms with E-state index in [2.05, 4.69) is 36.9 Å². The van der Waals surface area contributed by atoms with Crippen molar-refractivity contribution in [2.24, 2.45) is 0 Å². The van der Waals surface area contributed by atoms with E-state index < -0.39 is 0 Å². The smallest absolute Gasteiger partial charge is 0.122 e. The van der Waals surface area contributed by atoms with Crippen molar-refractivity contribution in [3.05, 3.63) is 29.3 Å². The highest BCUT2D eigenvalue weighted by Gasteiger charge is 2.17. The molecule has 1 atom stereocenters. The second-order valence-corrected chi connectivity index (χ2v) is 5.48. The van der Waals surface area contributed by atoms with Crippen LogP contribution in [0.4, 0.5) is 0 Å². The number of ether oxygens (including phenoxy) is 1. The molecule has 1 saturated heterocycles. The zero-order chi connectivity index (χ0) is 13.7. The van der Waals surface area contributed by atoms with E-state index in [0.29, 0.717) is 0 Å². The third-order valence-corrected chi connectivity index (χ3v) is 3.59. The van der Waals surface area contributed by atoms with Crippen molar-refractivity contribution in [1.29, 1.82) is 0 Å². The van der Waals surface area contributed by atoms with Crippen molar-refractivity contribution in [3.63, 3.8) is 0 Å². The highest BCUT2D eigenvalue weighted by atomic mass is 16.5. The Balaban J connectivity index is 1.95. The Hall–Kier alpha value is -1.06. The second-order valence-electron chi connectivity index (χ2n) is 5.48. The fraction of sp³-hybridized carbons (Fsp3) is 0.625.